The highest BCUT2D eigenvalue weighted by atomic mass is 16.5. The number of hydrogen-bond donors (Lipinski definition) is 1. The largest absolute Gasteiger partial charge is 0.496 e. The molecule has 0 heterocycles. The first kappa shape index (κ1) is 16.5. The molecule has 0 bridgehead atoms. The Bertz CT molecular complexity index is 544. The summed E-state index contributed by atoms with van der Waals surface area (Å²) in [5, 5.41) is 10.8. The smallest absolute Gasteiger partial charge is 0.308 e. The van der Waals surface area contributed by atoms with Gasteiger partial charge in [-0.3, -0.25) is 9.59 Å². The molecular formula is C17H22O5. The van der Waals surface area contributed by atoms with Gasteiger partial charge in [-0.1, -0.05) is 6.07 Å². The van der Waals surface area contributed by atoms with E-state index in [1.54, 1.807) is 25.1 Å². The van der Waals surface area contributed by atoms with Gasteiger partial charge in [0.2, 0.25) is 0 Å². The third kappa shape index (κ3) is 3.30. The number of carbonyl (C=O) groups is 2. The Morgan fingerprint density at radius 2 is 2.09 bits per heavy atom. The monoisotopic (exact) mass is 306 g/mol. The van der Waals surface area contributed by atoms with Gasteiger partial charge < -0.3 is 14.6 Å². The minimum atomic E-state index is -1.01. The van der Waals surface area contributed by atoms with Gasteiger partial charge in [-0.15, -0.1) is 0 Å². The molecule has 1 fully saturated rings. The molecule has 1 aromatic carbocycles. The maximum absolute atomic E-state index is 11.8. The number of ether oxygens (including phenoxy) is 2. The molecule has 0 amide bonds. The highest BCUT2D eigenvalue weighted by Gasteiger charge is 2.37. The molecule has 1 saturated carbocycles. The van der Waals surface area contributed by atoms with Gasteiger partial charge in [-0.05, 0) is 50.3 Å². The Morgan fingerprint density at radius 3 is 2.64 bits per heavy atom. The topological polar surface area (TPSA) is 72.8 Å². The van der Waals surface area contributed by atoms with Gasteiger partial charge in [0.1, 0.15) is 5.75 Å². The maximum atomic E-state index is 11.8. The summed E-state index contributed by atoms with van der Waals surface area (Å²) in [6, 6.07) is 5.13. The number of rotatable bonds is 5. The molecule has 1 N–H and O–H groups in total. The lowest BCUT2D eigenvalue weighted by Crippen LogP contribution is -2.34. The molecule has 5 heteroatoms. The lowest BCUT2D eigenvalue weighted by atomic mass is 9.75. The Labute approximate surface area is 130 Å². The maximum Gasteiger partial charge on any atom is 0.308 e. The summed E-state index contributed by atoms with van der Waals surface area (Å²) in [7, 11) is 1.50. The molecule has 1 aromatic rings. The molecule has 22 heavy (non-hydrogen) atoms. The lowest BCUT2D eigenvalue weighted by Gasteiger charge is -2.35. The van der Waals surface area contributed by atoms with Crippen LogP contribution in [0.4, 0.5) is 0 Å². The predicted octanol–water partition coefficient (Wildman–Crippen LogP) is 2.45. The summed E-state index contributed by atoms with van der Waals surface area (Å²) in [5.41, 5.74) is 0.103. The van der Waals surface area contributed by atoms with Crippen molar-refractivity contribution in [2.45, 2.75) is 38.2 Å². The summed E-state index contributed by atoms with van der Waals surface area (Å²) in [5.74, 6) is 0.152. The molecule has 1 aliphatic carbocycles. The van der Waals surface area contributed by atoms with Gasteiger partial charge in [0, 0.05) is 0 Å². The van der Waals surface area contributed by atoms with Crippen LogP contribution in [-0.2, 0) is 15.1 Å². The second-order valence-electron chi connectivity index (χ2n) is 5.63. The van der Waals surface area contributed by atoms with E-state index in [0.717, 1.165) is 6.29 Å². The van der Waals surface area contributed by atoms with Crippen LogP contribution in [0.2, 0.25) is 0 Å². The molecule has 0 unspecified atom stereocenters. The SMILES string of the molecule is CCOC(=O)C1CCC(O)(c2ccc(OC)c(C=O)c2)CC1. The Morgan fingerprint density at radius 1 is 1.41 bits per heavy atom. The highest BCUT2D eigenvalue weighted by molar-refractivity contribution is 5.79. The van der Waals surface area contributed by atoms with Crippen LogP contribution in [0, 0.1) is 5.92 Å². The molecule has 0 atom stereocenters. The zero-order valence-electron chi connectivity index (χ0n) is 13.0. The van der Waals surface area contributed by atoms with Crippen LogP contribution in [0.1, 0.15) is 48.5 Å². The van der Waals surface area contributed by atoms with Gasteiger partial charge in [-0.25, -0.2) is 0 Å². The molecule has 120 valence electrons. The molecule has 0 saturated heterocycles. The van der Waals surface area contributed by atoms with Crippen LogP contribution in [0.5, 0.6) is 5.75 Å². The van der Waals surface area contributed by atoms with Crippen molar-refractivity contribution in [3.05, 3.63) is 29.3 Å². The summed E-state index contributed by atoms with van der Waals surface area (Å²) < 4.78 is 10.2. The highest BCUT2D eigenvalue weighted by Crippen LogP contribution is 2.40. The minimum absolute atomic E-state index is 0.149. The van der Waals surface area contributed by atoms with Crippen LogP contribution in [0.3, 0.4) is 0 Å². The van der Waals surface area contributed by atoms with E-state index in [4.69, 9.17) is 9.47 Å². The first-order chi connectivity index (χ1) is 10.5. The van der Waals surface area contributed by atoms with Crippen molar-refractivity contribution >= 4 is 12.3 Å². The predicted molar refractivity (Wildman–Crippen MR) is 80.9 cm³/mol. The van der Waals surface area contributed by atoms with Crippen LogP contribution in [0.15, 0.2) is 18.2 Å². The first-order valence-electron chi connectivity index (χ1n) is 7.56. The van der Waals surface area contributed by atoms with Gasteiger partial charge in [0.15, 0.2) is 6.29 Å². The quantitative estimate of drug-likeness (QED) is 0.668. The van der Waals surface area contributed by atoms with E-state index in [0.29, 0.717) is 49.2 Å². The number of carbonyl (C=O) groups excluding carboxylic acids is 2. The number of aliphatic hydroxyl groups is 1. The van der Waals surface area contributed by atoms with Crippen molar-refractivity contribution in [3.8, 4) is 5.75 Å². The third-order valence-corrected chi connectivity index (χ3v) is 4.33. The van der Waals surface area contributed by atoms with E-state index < -0.39 is 5.60 Å². The number of methoxy groups -OCH3 is 1. The number of aldehydes is 1. The van der Waals surface area contributed by atoms with Crippen LogP contribution in [0.25, 0.3) is 0 Å². The average Bonchev–Trinajstić information content (AvgIpc) is 2.55. The first-order valence-corrected chi connectivity index (χ1v) is 7.56. The zero-order chi connectivity index (χ0) is 16.2. The van der Waals surface area contributed by atoms with Gasteiger partial charge in [-0.2, -0.15) is 0 Å². The Hall–Kier alpha value is -1.88. The number of hydrogen-bond acceptors (Lipinski definition) is 5. The third-order valence-electron chi connectivity index (χ3n) is 4.33. The molecule has 0 radical (unpaired) electrons. The van der Waals surface area contributed by atoms with Gasteiger partial charge >= 0.3 is 5.97 Å². The molecule has 5 nitrogen and oxygen atoms in total. The number of benzene rings is 1. The summed E-state index contributed by atoms with van der Waals surface area (Å²) in [6.45, 7) is 2.16. The minimum Gasteiger partial charge on any atom is -0.496 e. The molecule has 2 rings (SSSR count). The van der Waals surface area contributed by atoms with Crippen molar-refractivity contribution in [1.29, 1.82) is 0 Å². The Balaban J connectivity index is 2.13. The fraction of sp³-hybridized carbons (Fsp3) is 0.529. The van der Waals surface area contributed by atoms with E-state index >= 15 is 0 Å². The lowest BCUT2D eigenvalue weighted by molar-refractivity contribution is -0.151. The van der Waals surface area contributed by atoms with E-state index in [9.17, 15) is 14.7 Å². The molecular weight excluding hydrogens is 284 g/mol. The standard InChI is InChI=1S/C17H22O5/c1-3-22-16(19)12-6-8-17(20,9-7-12)14-4-5-15(21-2)13(10-14)11-18/h4-5,10-12,20H,3,6-9H2,1-2H3. The van der Waals surface area contributed by atoms with E-state index in [1.807, 2.05) is 0 Å². The van der Waals surface area contributed by atoms with Crippen molar-refractivity contribution in [1.82, 2.24) is 0 Å². The summed E-state index contributed by atoms with van der Waals surface area (Å²) in [6.07, 6.45) is 2.83. The fourth-order valence-corrected chi connectivity index (χ4v) is 3.00. The van der Waals surface area contributed by atoms with Gasteiger partial charge in [0.25, 0.3) is 0 Å². The van der Waals surface area contributed by atoms with E-state index in [2.05, 4.69) is 0 Å². The van der Waals surface area contributed by atoms with Crippen molar-refractivity contribution in [2.24, 2.45) is 5.92 Å². The normalized spacial score (nSPS) is 24.6. The second-order valence-corrected chi connectivity index (χ2v) is 5.63. The fourth-order valence-electron chi connectivity index (χ4n) is 3.00. The summed E-state index contributed by atoms with van der Waals surface area (Å²) >= 11 is 0. The van der Waals surface area contributed by atoms with Crippen molar-refractivity contribution in [3.63, 3.8) is 0 Å². The molecule has 0 aliphatic heterocycles. The van der Waals surface area contributed by atoms with Gasteiger partial charge in [0.05, 0.1) is 30.8 Å². The van der Waals surface area contributed by atoms with Crippen molar-refractivity contribution < 1.29 is 24.2 Å². The second kappa shape index (κ2) is 6.92. The zero-order valence-corrected chi connectivity index (χ0v) is 13.0. The molecule has 0 aromatic heterocycles. The Kier molecular flexibility index (Phi) is 5.19. The molecule has 1 aliphatic rings. The van der Waals surface area contributed by atoms with Crippen molar-refractivity contribution in [2.75, 3.05) is 13.7 Å². The van der Waals surface area contributed by atoms with Crippen LogP contribution < -0.4 is 4.74 Å². The van der Waals surface area contributed by atoms with Crippen LogP contribution in [-0.4, -0.2) is 31.1 Å². The average molecular weight is 306 g/mol. The van der Waals surface area contributed by atoms with Crippen LogP contribution >= 0.6 is 0 Å². The molecule has 0 spiro atoms. The number of esters is 1. The van der Waals surface area contributed by atoms with E-state index in [1.165, 1.54) is 7.11 Å². The summed E-state index contributed by atoms with van der Waals surface area (Å²) in [4.78, 5) is 22.9. The van der Waals surface area contributed by atoms with E-state index in [-0.39, 0.29) is 11.9 Å².